The summed E-state index contributed by atoms with van der Waals surface area (Å²) in [6.45, 7) is 0. The molecule has 0 saturated carbocycles. The fourth-order valence-corrected chi connectivity index (χ4v) is 0. The molecule has 0 rings (SSSR count). The summed E-state index contributed by atoms with van der Waals surface area (Å²) in [5.41, 5.74) is 0. The van der Waals surface area contributed by atoms with Gasteiger partial charge in [0.15, 0.2) is 0 Å². The third-order valence-electron chi connectivity index (χ3n) is 0. The van der Waals surface area contributed by atoms with E-state index in [9.17, 15) is 0 Å². The van der Waals surface area contributed by atoms with Gasteiger partial charge < -0.3 is 2.85 Å². The van der Waals surface area contributed by atoms with Gasteiger partial charge in [0.25, 0.3) is 0 Å². The first-order valence-corrected chi connectivity index (χ1v) is 0. The van der Waals surface area contributed by atoms with Crippen molar-refractivity contribution in [3.63, 3.8) is 0 Å². The second-order valence-electron chi connectivity index (χ2n) is 0. The van der Waals surface area contributed by atoms with Crippen LogP contribution in [0.1, 0.15) is 10.3 Å². The summed E-state index contributed by atoms with van der Waals surface area (Å²) < 4.78 is 0. The molecule has 0 aromatic carbocycles. The van der Waals surface area contributed by atoms with E-state index in [0.29, 0.717) is 0 Å². The fourth-order valence-electron chi connectivity index (χ4n) is 0. The van der Waals surface area contributed by atoms with Crippen molar-refractivity contribution in [3.8, 4) is 0 Å². The summed E-state index contributed by atoms with van der Waals surface area (Å²) in [6, 6.07) is 0. The largest absolute Gasteiger partial charge is 2.00 e. The van der Waals surface area contributed by atoms with Crippen molar-refractivity contribution in [1.29, 1.82) is 0 Å². The maximum absolute atomic E-state index is 0. The molecule has 0 aromatic heterocycles. The summed E-state index contributed by atoms with van der Waals surface area (Å²) in [4.78, 5) is 0. The Morgan fingerprint density at radius 3 is 1.25 bits per heavy atom. The van der Waals surface area contributed by atoms with Crippen LogP contribution in [0.3, 0.4) is 0 Å². The quantitative estimate of drug-likeness (QED) is 0.357. The van der Waals surface area contributed by atoms with Crippen LogP contribution in [0, 0.1) is 0 Å². The van der Waals surface area contributed by atoms with Gasteiger partial charge in [0.1, 0.15) is 0 Å². The normalized spacial score (nSPS) is 0. The molecule has 0 fully saturated rings. The molecular weight excluding hydrogens is 99.2 g/mol. The van der Waals surface area contributed by atoms with Crippen molar-refractivity contribution < 1.29 is 7.56 Å². The van der Waals surface area contributed by atoms with Gasteiger partial charge in [-0.3, -0.25) is 4.70 Å². The zero-order valence-corrected chi connectivity index (χ0v) is 3.32. The van der Waals surface area contributed by atoms with E-state index in [1.54, 1.807) is 0 Å². The molecular formula is CH11CaFSi. The van der Waals surface area contributed by atoms with E-state index in [4.69, 9.17) is 0 Å². The van der Waals surface area contributed by atoms with E-state index in [2.05, 4.69) is 0 Å². The van der Waals surface area contributed by atoms with E-state index in [1.807, 2.05) is 0 Å². The summed E-state index contributed by atoms with van der Waals surface area (Å²) in [5, 5.41) is 0. The van der Waals surface area contributed by atoms with Crippen molar-refractivity contribution in [3.05, 3.63) is 0 Å². The number of halogens is 1. The number of hydrogen-bond donors (Lipinski definition) is 0. The first-order valence-electron chi connectivity index (χ1n) is 0. The van der Waals surface area contributed by atoms with Gasteiger partial charge in [-0.2, -0.15) is 0 Å². The molecule has 3 heteroatoms. The number of hydrogen-bond acceptors (Lipinski definition) is 0. The van der Waals surface area contributed by atoms with Gasteiger partial charge in [0.05, 0.1) is 0 Å². The van der Waals surface area contributed by atoms with E-state index < -0.39 is 0 Å². The smallest absolute Gasteiger partial charge is 1.00 e. The summed E-state index contributed by atoms with van der Waals surface area (Å²) in [6.07, 6.45) is 0. The Balaban J connectivity index is 0. The third-order valence-corrected chi connectivity index (χ3v) is 0. The van der Waals surface area contributed by atoms with Gasteiger partial charge in [0.2, 0.25) is 0 Å². The molecule has 0 unspecified atom stereocenters. The first kappa shape index (κ1) is 53.1. The summed E-state index contributed by atoms with van der Waals surface area (Å²) >= 11 is 0. The zero-order valence-electron chi connectivity index (χ0n) is 3.12. The molecule has 0 aliphatic carbocycles. The van der Waals surface area contributed by atoms with Crippen LogP contribution in [0.4, 0.5) is 4.70 Å². The molecule has 0 radical (unpaired) electrons. The maximum Gasteiger partial charge on any atom is 2.00 e. The van der Waals surface area contributed by atoms with Crippen molar-refractivity contribution in [2.24, 2.45) is 0 Å². The molecule has 0 N–H and O–H groups in total. The fraction of sp³-hybridized carbons (Fsp3) is 1.00. The monoisotopic (exact) mass is 110 g/mol. The standard InChI is InChI=1S/CH4.Ca.FH.H4Si.2H/h1H4;;1H;1H4;;/q;+2;;;2*-1. The average molecular weight is 110 g/mol. The van der Waals surface area contributed by atoms with Crippen molar-refractivity contribution in [2.75, 3.05) is 0 Å². The second-order valence-corrected chi connectivity index (χ2v) is 0. The van der Waals surface area contributed by atoms with Crippen LogP contribution in [0.25, 0.3) is 0 Å². The Kier molecular flexibility index (Phi) is 343. The van der Waals surface area contributed by atoms with E-state index in [0.717, 1.165) is 0 Å². The summed E-state index contributed by atoms with van der Waals surface area (Å²) in [7, 11) is 0. The molecule has 0 aliphatic rings. The van der Waals surface area contributed by atoms with Gasteiger partial charge in [-0.25, -0.2) is 0 Å². The second kappa shape index (κ2) is 25.8. The topological polar surface area (TPSA) is 0 Å². The van der Waals surface area contributed by atoms with Gasteiger partial charge in [0, 0.05) is 0 Å². The van der Waals surface area contributed by atoms with Crippen molar-refractivity contribution in [2.45, 2.75) is 7.43 Å². The molecule has 0 aromatic rings. The van der Waals surface area contributed by atoms with Crippen molar-refractivity contribution in [1.82, 2.24) is 0 Å². The predicted octanol–water partition coefficient (Wildman–Crippen LogP) is -0.819. The van der Waals surface area contributed by atoms with Gasteiger partial charge in [-0.1, -0.05) is 7.43 Å². The SMILES string of the molecule is C.F.[Ca+2].[H-].[H-].[SiH4]. The van der Waals surface area contributed by atoms with Crippen molar-refractivity contribution >= 4 is 48.7 Å². The van der Waals surface area contributed by atoms with E-state index >= 15 is 0 Å². The maximum atomic E-state index is 0. The van der Waals surface area contributed by atoms with Crippen LogP contribution in [-0.2, 0) is 0 Å². The van der Waals surface area contributed by atoms with E-state index in [-0.39, 0.29) is 63.7 Å². The molecule has 28 valence electrons. The van der Waals surface area contributed by atoms with Crippen LogP contribution >= 0.6 is 0 Å². The molecule has 0 amide bonds. The van der Waals surface area contributed by atoms with Crippen LogP contribution in [0.5, 0.6) is 0 Å². The molecule has 0 saturated heterocycles. The Morgan fingerprint density at radius 1 is 1.25 bits per heavy atom. The minimum atomic E-state index is 0. The molecule has 0 spiro atoms. The Morgan fingerprint density at radius 2 is 1.25 bits per heavy atom. The van der Waals surface area contributed by atoms with Gasteiger partial charge in [-0.15, -0.1) is 0 Å². The Labute approximate surface area is 63.3 Å². The predicted molar refractivity (Wildman–Crippen MR) is 28.5 cm³/mol. The third kappa shape index (κ3) is 9.97. The van der Waals surface area contributed by atoms with Crippen LogP contribution in [-0.4, -0.2) is 48.7 Å². The molecule has 0 bridgehead atoms. The molecule has 0 heterocycles. The van der Waals surface area contributed by atoms with Crippen LogP contribution in [0.15, 0.2) is 0 Å². The molecule has 0 aliphatic heterocycles. The molecule has 0 atom stereocenters. The van der Waals surface area contributed by atoms with Gasteiger partial charge >= 0.3 is 37.7 Å². The van der Waals surface area contributed by atoms with E-state index in [1.165, 1.54) is 0 Å². The Hall–Kier alpha value is 1.41. The minimum Gasteiger partial charge on any atom is -1.00 e. The minimum absolute atomic E-state index is 0. The zero-order chi connectivity index (χ0) is 0. The van der Waals surface area contributed by atoms with Crippen LogP contribution < -0.4 is 0 Å². The molecule has 0 nitrogen and oxygen atoms in total. The number of rotatable bonds is 0. The average Bonchev–Trinajstić information content (AvgIpc) is 0. The first-order chi connectivity index (χ1) is 0. The summed E-state index contributed by atoms with van der Waals surface area (Å²) in [5.74, 6) is 0. The Bertz CT molecular complexity index is 13.5. The molecule has 4 heavy (non-hydrogen) atoms. The van der Waals surface area contributed by atoms with Crippen LogP contribution in [0.2, 0.25) is 0 Å². The van der Waals surface area contributed by atoms with Gasteiger partial charge in [-0.05, 0) is 11.0 Å².